The predicted molar refractivity (Wildman–Crippen MR) is 143 cm³/mol. The van der Waals surface area contributed by atoms with Crippen molar-refractivity contribution in [3.05, 3.63) is 83.9 Å². The Kier molecular flexibility index (Phi) is 8.52. The number of likely N-dealkylation sites (tertiary alicyclic amines) is 1. The minimum Gasteiger partial charge on any atom is -0.487 e. The molecular weight excluding hydrogens is 453 g/mol. The highest BCUT2D eigenvalue weighted by Crippen LogP contribution is 2.42. The zero-order valence-corrected chi connectivity index (χ0v) is 20.9. The first-order chi connectivity index (χ1) is 15.2. The molecule has 0 bridgehead atoms. The van der Waals surface area contributed by atoms with Crippen LogP contribution < -0.4 is 14.5 Å². The molecule has 4 nitrogen and oxygen atoms in total. The first-order valence-corrected chi connectivity index (χ1v) is 11.3. The highest BCUT2D eigenvalue weighted by atomic mass is 35.5. The van der Waals surface area contributed by atoms with E-state index >= 15 is 0 Å². The summed E-state index contributed by atoms with van der Waals surface area (Å²) in [5, 5.41) is 0. The molecule has 1 fully saturated rings. The number of hydrogen-bond donors (Lipinski definition) is 0. The molecule has 1 saturated heterocycles. The van der Waals surface area contributed by atoms with Crippen molar-refractivity contribution in [3.8, 4) is 5.75 Å². The number of halogens is 2. The summed E-state index contributed by atoms with van der Waals surface area (Å²) in [4.78, 5) is 7.29. The highest BCUT2D eigenvalue weighted by Gasteiger charge is 2.32. The monoisotopic (exact) mass is 485 g/mol. The van der Waals surface area contributed by atoms with Gasteiger partial charge in [0, 0.05) is 56.7 Å². The third-order valence-electron chi connectivity index (χ3n) is 6.54. The molecule has 0 radical (unpaired) electrons. The van der Waals surface area contributed by atoms with Crippen LogP contribution in [0.15, 0.2) is 72.8 Å². The molecule has 2 heterocycles. The fourth-order valence-corrected chi connectivity index (χ4v) is 4.80. The molecule has 2 aliphatic heterocycles. The van der Waals surface area contributed by atoms with E-state index < -0.39 is 0 Å². The van der Waals surface area contributed by atoms with Gasteiger partial charge in [0.2, 0.25) is 0 Å². The predicted octanol–water partition coefficient (Wildman–Crippen LogP) is 5.94. The van der Waals surface area contributed by atoms with Gasteiger partial charge in [-0.15, -0.1) is 24.8 Å². The van der Waals surface area contributed by atoms with Crippen molar-refractivity contribution in [2.45, 2.75) is 25.5 Å². The summed E-state index contributed by atoms with van der Waals surface area (Å²) in [6.07, 6.45) is 2.26. The molecule has 0 N–H and O–H groups in total. The fourth-order valence-electron chi connectivity index (χ4n) is 4.80. The van der Waals surface area contributed by atoms with E-state index in [-0.39, 0.29) is 24.8 Å². The van der Waals surface area contributed by atoms with Crippen molar-refractivity contribution in [1.29, 1.82) is 0 Å². The molecular formula is C27H33Cl2N3O. The van der Waals surface area contributed by atoms with Crippen LogP contribution in [0.4, 0.5) is 17.1 Å². The largest absolute Gasteiger partial charge is 0.487 e. The third kappa shape index (κ3) is 5.40. The second-order valence-electron chi connectivity index (χ2n) is 8.81. The Labute approximate surface area is 210 Å². The van der Waals surface area contributed by atoms with Crippen LogP contribution in [-0.2, 0) is 13.0 Å². The van der Waals surface area contributed by atoms with E-state index in [1.54, 1.807) is 0 Å². The van der Waals surface area contributed by atoms with Gasteiger partial charge in [0.05, 0.1) is 5.69 Å². The van der Waals surface area contributed by atoms with Gasteiger partial charge in [-0.25, -0.2) is 0 Å². The van der Waals surface area contributed by atoms with Gasteiger partial charge >= 0.3 is 0 Å². The molecule has 2 aliphatic rings. The van der Waals surface area contributed by atoms with E-state index in [4.69, 9.17) is 4.74 Å². The zero-order chi connectivity index (χ0) is 21.2. The van der Waals surface area contributed by atoms with Gasteiger partial charge in [-0.05, 0) is 48.7 Å². The summed E-state index contributed by atoms with van der Waals surface area (Å²) in [6.45, 7) is 3.95. The number of fused-ring (bicyclic) bond motifs is 2. The summed E-state index contributed by atoms with van der Waals surface area (Å²) < 4.78 is 6.16. The van der Waals surface area contributed by atoms with Crippen LogP contribution in [0.2, 0.25) is 0 Å². The number of benzene rings is 3. The number of hydrogen-bond acceptors (Lipinski definition) is 4. The minimum atomic E-state index is 0. The van der Waals surface area contributed by atoms with Gasteiger partial charge in [-0.1, -0.05) is 42.5 Å². The number of nitrogens with zero attached hydrogens (tertiary/aromatic N) is 3. The van der Waals surface area contributed by atoms with Gasteiger partial charge in [0.1, 0.15) is 12.4 Å². The summed E-state index contributed by atoms with van der Waals surface area (Å²) in [5.41, 5.74) is 6.41. The molecule has 176 valence electrons. The molecule has 0 aliphatic carbocycles. The van der Waals surface area contributed by atoms with E-state index in [1.807, 2.05) is 0 Å². The molecule has 3 aromatic rings. The van der Waals surface area contributed by atoms with E-state index in [0.29, 0.717) is 12.6 Å². The van der Waals surface area contributed by atoms with Gasteiger partial charge in [-0.3, -0.25) is 0 Å². The van der Waals surface area contributed by atoms with Crippen LogP contribution in [0, 0.1) is 0 Å². The van der Waals surface area contributed by atoms with Crippen LogP contribution in [-0.4, -0.2) is 44.7 Å². The Morgan fingerprint density at radius 2 is 1.58 bits per heavy atom. The Balaban J connectivity index is 0.00000153. The maximum Gasteiger partial charge on any atom is 0.143 e. The lowest BCUT2D eigenvalue weighted by atomic mass is 10.1. The van der Waals surface area contributed by atoms with E-state index in [1.165, 1.54) is 34.6 Å². The molecule has 0 aromatic heterocycles. The Bertz CT molecular complexity index is 994. The van der Waals surface area contributed by atoms with Crippen molar-refractivity contribution in [2.24, 2.45) is 0 Å². The molecule has 3 aromatic carbocycles. The average Bonchev–Trinajstić information content (AvgIpc) is 3.20. The molecule has 0 saturated carbocycles. The maximum absolute atomic E-state index is 6.16. The molecule has 1 unspecified atom stereocenters. The second-order valence-corrected chi connectivity index (χ2v) is 8.81. The van der Waals surface area contributed by atoms with Crippen LogP contribution in [0.1, 0.15) is 17.5 Å². The summed E-state index contributed by atoms with van der Waals surface area (Å²) in [7, 11) is 4.17. The summed E-state index contributed by atoms with van der Waals surface area (Å²) in [6, 6.07) is 26.6. The van der Waals surface area contributed by atoms with E-state index in [2.05, 4.69) is 102 Å². The third-order valence-corrected chi connectivity index (χ3v) is 6.54. The molecule has 6 heteroatoms. The van der Waals surface area contributed by atoms with Crippen molar-refractivity contribution in [2.75, 3.05) is 43.5 Å². The van der Waals surface area contributed by atoms with E-state index in [0.717, 1.165) is 31.8 Å². The summed E-state index contributed by atoms with van der Waals surface area (Å²) >= 11 is 0. The quantitative estimate of drug-likeness (QED) is 0.444. The Morgan fingerprint density at radius 1 is 0.879 bits per heavy atom. The number of anilines is 3. The van der Waals surface area contributed by atoms with Crippen molar-refractivity contribution in [1.82, 2.24) is 4.90 Å². The van der Waals surface area contributed by atoms with E-state index in [9.17, 15) is 0 Å². The molecule has 5 rings (SSSR count). The normalized spacial score (nSPS) is 17.0. The van der Waals surface area contributed by atoms with Crippen molar-refractivity contribution < 1.29 is 4.74 Å². The minimum absolute atomic E-state index is 0. The van der Waals surface area contributed by atoms with Gasteiger partial charge in [-0.2, -0.15) is 0 Å². The van der Waals surface area contributed by atoms with Crippen LogP contribution in [0.3, 0.4) is 0 Å². The van der Waals surface area contributed by atoms with Crippen molar-refractivity contribution >= 4 is 41.9 Å². The lowest BCUT2D eigenvalue weighted by molar-refractivity contribution is 0.310. The maximum atomic E-state index is 6.16. The average molecular weight is 486 g/mol. The molecule has 0 amide bonds. The first-order valence-electron chi connectivity index (χ1n) is 11.3. The zero-order valence-electron chi connectivity index (χ0n) is 19.3. The van der Waals surface area contributed by atoms with Crippen molar-refractivity contribution in [3.63, 3.8) is 0 Å². The fraction of sp³-hybridized carbons (Fsp3) is 0.333. The number of para-hydroxylation sites is 3. The van der Waals surface area contributed by atoms with Gasteiger partial charge in [0.15, 0.2) is 0 Å². The van der Waals surface area contributed by atoms with Gasteiger partial charge in [0.25, 0.3) is 0 Å². The van der Waals surface area contributed by atoms with Crippen LogP contribution >= 0.6 is 24.8 Å². The Hall–Kier alpha value is -2.40. The molecule has 33 heavy (non-hydrogen) atoms. The van der Waals surface area contributed by atoms with Gasteiger partial charge < -0.3 is 19.4 Å². The smallest absolute Gasteiger partial charge is 0.143 e. The molecule has 0 spiro atoms. The highest BCUT2D eigenvalue weighted by molar-refractivity contribution is 5.85. The lowest BCUT2D eigenvalue weighted by Crippen LogP contribution is -2.35. The number of rotatable bonds is 5. The van der Waals surface area contributed by atoms with Crippen LogP contribution in [0.25, 0.3) is 0 Å². The number of ether oxygens (including phenoxy) is 1. The topological polar surface area (TPSA) is 19.0 Å². The Morgan fingerprint density at radius 3 is 2.33 bits per heavy atom. The lowest BCUT2D eigenvalue weighted by Gasteiger charge is -2.32. The first kappa shape index (κ1) is 25.2. The molecule has 1 atom stereocenters. The standard InChI is InChI=1S/C27H31N3O.2ClH/c1-28(2)23-13-11-21(12-14-23)15-17-29-18-16-24(19-29)30-25-8-4-3-7-22(25)20-31-27-10-6-5-9-26(27)30;;/h3-14,24H,15-20H2,1-2H3;2*1H. The SMILES string of the molecule is CN(C)c1ccc(CCN2CCC(N3c4ccccc4COc4ccccc43)C2)cc1.Cl.Cl. The van der Waals surface area contributed by atoms with Crippen LogP contribution in [0.5, 0.6) is 5.75 Å². The second kappa shape index (κ2) is 11.1. The summed E-state index contributed by atoms with van der Waals surface area (Å²) in [5.74, 6) is 0.984.